The summed E-state index contributed by atoms with van der Waals surface area (Å²) < 4.78 is 0. The molecule has 2 aliphatic rings. The minimum atomic E-state index is -0.540. The summed E-state index contributed by atoms with van der Waals surface area (Å²) in [6.45, 7) is 4.29. The van der Waals surface area contributed by atoms with Gasteiger partial charge >= 0.3 is 0 Å². The van der Waals surface area contributed by atoms with Crippen LogP contribution in [0.15, 0.2) is 58.1 Å². The van der Waals surface area contributed by atoms with E-state index < -0.39 is 6.04 Å². The molecule has 3 heterocycles. The highest BCUT2D eigenvalue weighted by molar-refractivity contribution is 7.99. The Kier molecular flexibility index (Phi) is 8.11. The molecular formula is C26H31N3O3S2. The number of amides is 3. The topological polar surface area (TPSA) is 69.7 Å². The predicted octanol–water partition coefficient (Wildman–Crippen LogP) is 3.90. The molecular weight excluding hydrogens is 466 g/mol. The fourth-order valence-electron chi connectivity index (χ4n) is 4.71. The van der Waals surface area contributed by atoms with Crippen LogP contribution >= 0.6 is 23.1 Å². The van der Waals surface area contributed by atoms with Crippen LogP contribution in [0.3, 0.4) is 0 Å². The van der Waals surface area contributed by atoms with Crippen molar-refractivity contribution in [2.24, 2.45) is 5.41 Å². The van der Waals surface area contributed by atoms with Crippen LogP contribution in [0.25, 0.3) is 6.08 Å². The maximum absolute atomic E-state index is 13.3. The van der Waals surface area contributed by atoms with Crippen LogP contribution < -0.4 is 5.32 Å². The van der Waals surface area contributed by atoms with E-state index in [4.69, 9.17) is 0 Å². The van der Waals surface area contributed by atoms with Crippen molar-refractivity contribution in [2.45, 2.75) is 37.1 Å². The molecule has 2 aromatic rings. The molecule has 8 heteroatoms. The average Bonchev–Trinajstić information content (AvgIpc) is 3.51. The molecule has 1 aromatic carbocycles. The van der Waals surface area contributed by atoms with Gasteiger partial charge in [0.25, 0.3) is 0 Å². The number of piperidine rings is 1. The van der Waals surface area contributed by atoms with Crippen LogP contribution in [0.4, 0.5) is 0 Å². The van der Waals surface area contributed by atoms with Crippen molar-refractivity contribution < 1.29 is 14.4 Å². The third-order valence-corrected chi connectivity index (χ3v) is 8.49. The van der Waals surface area contributed by atoms with Gasteiger partial charge in [0.1, 0.15) is 6.04 Å². The second-order valence-corrected chi connectivity index (χ2v) is 11.0. The first-order valence-electron chi connectivity index (χ1n) is 11.7. The lowest BCUT2D eigenvalue weighted by Gasteiger charge is -2.39. The Bertz CT molecular complexity index is 1020. The van der Waals surface area contributed by atoms with E-state index in [9.17, 15) is 14.4 Å². The fraction of sp³-hybridized carbons (Fsp3) is 0.423. The number of hydrogen-bond donors (Lipinski definition) is 1. The van der Waals surface area contributed by atoms with Crippen LogP contribution in [-0.4, -0.2) is 65.5 Å². The van der Waals surface area contributed by atoms with Gasteiger partial charge in [0.05, 0.1) is 0 Å². The number of nitrogens with zero attached hydrogens (tertiary/aromatic N) is 2. The number of hydrogen-bond acceptors (Lipinski definition) is 5. The standard InChI is InChI=1S/C26H31N3O3S2/c1-20(30)27-23(18-34-22-5-3-2-4-6-22)25(32)29-15-12-26(19-29)10-13-28(14-11-26)24(31)8-7-21-9-16-33-17-21/h2-9,16-17,23H,10-15,18-19H2,1H3,(H,27,30)/b8-7+. The van der Waals surface area contributed by atoms with E-state index in [2.05, 4.69) is 5.32 Å². The summed E-state index contributed by atoms with van der Waals surface area (Å²) in [7, 11) is 0. The minimum Gasteiger partial charge on any atom is -0.344 e. The lowest BCUT2D eigenvalue weighted by atomic mass is 9.78. The lowest BCUT2D eigenvalue weighted by Crippen LogP contribution is -2.50. The summed E-state index contributed by atoms with van der Waals surface area (Å²) in [6.07, 6.45) is 6.28. The van der Waals surface area contributed by atoms with Gasteiger partial charge in [0.15, 0.2) is 0 Å². The van der Waals surface area contributed by atoms with Crippen LogP contribution in [0.2, 0.25) is 0 Å². The molecule has 1 N–H and O–H groups in total. The Balaban J connectivity index is 1.31. The smallest absolute Gasteiger partial charge is 0.246 e. The molecule has 34 heavy (non-hydrogen) atoms. The van der Waals surface area contributed by atoms with Crippen molar-refractivity contribution in [1.29, 1.82) is 0 Å². The van der Waals surface area contributed by atoms with Crippen molar-refractivity contribution in [3.63, 3.8) is 0 Å². The van der Waals surface area contributed by atoms with Crippen molar-refractivity contribution in [1.82, 2.24) is 15.1 Å². The molecule has 180 valence electrons. The van der Waals surface area contributed by atoms with Crippen LogP contribution in [-0.2, 0) is 14.4 Å². The first-order valence-corrected chi connectivity index (χ1v) is 13.6. The number of nitrogens with one attached hydrogen (secondary N) is 1. The number of thioether (sulfide) groups is 1. The molecule has 2 fully saturated rings. The molecule has 1 atom stereocenters. The largest absolute Gasteiger partial charge is 0.344 e. The van der Waals surface area contributed by atoms with Gasteiger partial charge in [0.2, 0.25) is 17.7 Å². The number of carbonyl (C=O) groups excluding carboxylic acids is 3. The van der Waals surface area contributed by atoms with E-state index in [1.807, 2.05) is 63.0 Å². The molecule has 4 rings (SSSR count). The van der Waals surface area contributed by atoms with E-state index in [1.165, 1.54) is 6.92 Å². The summed E-state index contributed by atoms with van der Waals surface area (Å²) >= 11 is 3.20. The van der Waals surface area contributed by atoms with Crippen molar-refractivity contribution in [3.8, 4) is 0 Å². The molecule has 0 aliphatic carbocycles. The molecule has 2 aliphatic heterocycles. The molecule has 1 aromatic heterocycles. The van der Waals surface area contributed by atoms with E-state index >= 15 is 0 Å². The second-order valence-electron chi connectivity index (χ2n) is 9.10. The van der Waals surface area contributed by atoms with Crippen molar-refractivity contribution >= 4 is 46.9 Å². The van der Waals surface area contributed by atoms with Gasteiger partial charge < -0.3 is 15.1 Å². The fourth-order valence-corrected chi connectivity index (χ4v) is 6.28. The van der Waals surface area contributed by atoms with Gasteiger partial charge in [-0.2, -0.15) is 11.3 Å². The van der Waals surface area contributed by atoms with Crippen LogP contribution in [0, 0.1) is 5.41 Å². The van der Waals surface area contributed by atoms with Crippen molar-refractivity contribution in [2.75, 3.05) is 31.9 Å². The zero-order valence-corrected chi connectivity index (χ0v) is 21.1. The first kappa shape index (κ1) is 24.5. The summed E-state index contributed by atoms with van der Waals surface area (Å²) in [5.41, 5.74) is 1.12. The molecule has 2 saturated heterocycles. The maximum Gasteiger partial charge on any atom is 0.246 e. The molecule has 6 nitrogen and oxygen atoms in total. The van der Waals surface area contributed by atoms with Gasteiger partial charge in [-0.1, -0.05) is 18.2 Å². The zero-order valence-electron chi connectivity index (χ0n) is 19.4. The highest BCUT2D eigenvalue weighted by Gasteiger charge is 2.43. The molecule has 1 unspecified atom stereocenters. The van der Waals surface area contributed by atoms with Crippen molar-refractivity contribution in [3.05, 3.63) is 58.8 Å². The van der Waals surface area contributed by atoms with Crippen LogP contribution in [0.1, 0.15) is 31.7 Å². The number of rotatable bonds is 7. The number of carbonyl (C=O) groups is 3. The van der Waals surface area contributed by atoms with Gasteiger partial charge in [-0.15, -0.1) is 11.8 Å². The number of likely N-dealkylation sites (tertiary alicyclic amines) is 2. The van der Waals surface area contributed by atoms with E-state index in [1.54, 1.807) is 29.2 Å². The Morgan fingerprint density at radius 3 is 2.44 bits per heavy atom. The van der Waals surface area contributed by atoms with Crippen LogP contribution in [0.5, 0.6) is 0 Å². The van der Waals surface area contributed by atoms with Gasteiger partial charge in [0, 0.05) is 49.8 Å². The van der Waals surface area contributed by atoms with Gasteiger partial charge in [-0.3, -0.25) is 14.4 Å². The molecule has 1 spiro atoms. The summed E-state index contributed by atoms with van der Waals surface area (Å²) in [5.74, 6) is 0.358. The number of thiophene rings is 1. The molecule has 0 radical (unpaired) electrons. The van der Waals surface area contributed by atoms with E-state index in [0.717, 1.165) is 29.7 Å². The average molecular weight is 498 g/mol. The Labute approximate surface area is 209 Å². The van der Waals surface area contributed by atoms with E-state index in [-0.39, 0.29) is 23.1 Å². The van der Waals surface area contributed by atoms with Gasteiger partial charge in [-0.25, -0.2) is 0 Å². The normalized spacial score (nSPS) is 18.4. The molecule has 0 bridgehead atoms. The summed E-state index contributed by atoms with van der Waals surface area (Å²) in [5, 5.41) is 6.87. The SMILES string of the molecule is CC(=O)NC(CSc1ccccc1)C(=O)N1CCC2(CCN(C(=O)/C=C/c3ccsc3)CC2)C1. The zero-order chi connectivity index (χ0) is 24.0. The lowest BCUT2D eigenvalue weighted by molar-refractivity contribution is -0.135. The highest BCUT2D eigenvalue weighted by Crippen LogP contribution is 2.40. The third kappa shape index (κ3) is 6.30. The maximum atomic E-state index is 13.3. The predicted molar refractivity (Wildman–Crippen MR) is 138 cm³/mol. The second kappa shape index (κ2) is 11.2. The van der Waals surface area contributed by atoms with E-state index in [0.29, 0.717) is 31.9 Å². The first-order chi connectivity index (χ1) is 16.4. The molecule has 3 amide bonds. The summed E-state index contributed by atoms with van der Waals surface area (Å²) in [6, 6.07) is 11.4. The Morgan fingerprint density at radius 2 is 1.79 bits per heavy atom. The highest BCUT2D eigenvalue weighted by atomic mass is 32.2. The minimum absolute atomic E-state index is 0.00675. The van der Waals surface area contributed by atoms with Gasteiger partial charge in [-0.05, 0) is 65.3 Å². The monoisotopic (exact) mass is 497 g/mol. The Hall–Kier alpha value is -2.58. The third-order valence-electron chi connectivity index (χ3n) is 6.68. The molecule has 0 saturated carbocycles. The Morgan fingerprint density at radius 1 is 1.09 bits per heavy atom. The summed E-state index contributed by atoms with van der Waals surface area (Å²) in [4.78, 5) is 42.6. The quantitative estimate of drug-likeness (QED) is 0.465. The number of benzene rings is 1.